The summed E-state index contributed by atoms with van der Waals surface area (Å²) in [5.41, 5.74) is 0. The molecule has 0 heterocycles. The molecule has 0 N–H and O–H groups in total. The molecule has 12 heavy (non-hydrogen) atoms. The molecule has 1 nitrogen and oxygen atoms in total. The first-order valence-electron chi connectivity index (χ1n) is 2.11. The summed E-state index contributed by atoms with van der Waals surface area (Å²) >= 11 is 0. The van der Waals surface area contributed by atoms with Crippen molar-refractivity contribution >= 4 is 0 Å². The Hall–Kier alpha value is -0.520. The normalized spacial score (nSPS) is 5.00. The standard InChI is InChI=1S/C6H6O.4FH.Nb/c7-6-4-2-1-3-5-6;;;;;/h1-5,7H;4*1H;/q;;;;;+5/p-5. The summed E-state index contributed by atoms with van der Waals surface area (Å²) in [4.78, 5) is 0. The Morgan fingerprint density at radius 1 is 0.750 bits per heavy atom. The molecule has 0 aliphatic carbocycles. The first kappa shape index (κ1) is 30.0. The first-order valence-corrected chi connectivity index (χ1v) is 2.11. The fraction of sp³-hybridized carbons (Fsp3) is 0. The molecule has 0 saturated carbocycles. The van der Waals surface area contributed by atoms with Crippen LogP contribution in [0.15, 0.2) is 30.3 Å². The van der Waals surface area contributed by atoms with Gasteiger partial charge >= 0.3 is 22.4 Å². The maximum Gasteiger partial charge on any atom is 5.00 e. The van der Waals surface area contributed by atoms with Crippen LogP contribution >= 0.6 is 0 Å². The predicted molar refractivity (Wildman–Crippen MR) is 25.9 cm³/mol. The van der Waals surface area contributed by atoms with Crippen LogP contribution in [-0.4, -0.2) is 0 Å². The molecule has 0 saturated heterocycles. The van der Waals surface area contributed by atoms with E-state index in [1.807, 2.05) is 6.07 Å². The Bertz CT molecular complexity index is 149. The summed E-state index contributed by atoms with van der Waals surface area (Å²) < 4.78 is 0. The van der Waals surface area contributed by atoms with Crippen molar-refractivity contribution in [3.63, 3.8) is 0 Å². The van der Waals surface area contributed by atoms with Crippen molar-refractivity contribution in [1.29, 1.82) is 0 Å². The molecule has 1 rings (SSSR count). The van der Waals surface area contributed by atoms with Crippen LogP contribution in [0.3, 0.4) is 0 Å². The summed E-state index contributed by atoms with van der Waals surface area (Å²) in [6.07, 6.45) is 0. The van der Waals surface area contributed by atoms with E-state index >= 15 is 0 Å². The van der Waals surface area contributed by atoms with Crippen LogP contribution < -0.4 is 23.9 Å². The van der Waals surface area contributed by atoms with Gasteiger partial charge in [0.1, 0.15) is 0 Å². The quantitative estimate of drug-likeness (QED) is 0.336. The van der Waals surface area contributed by atoms with Crippen LogP contribution in [0.4, 0.5) is 0 Å². The van der Waals surface area contributed by atoms with E-state index in [4.69, 9.17) is 0 Å². The zero-order chi connectivity index (χ0) is 5.11. The van der Waals surface area contributed by atoms with Gasteiger partial charge in [-0.1, -0.05) is 30.3 Å². The zero-order valence-corrected chi connectivity index (χ0v) is 7.95. The van der Waals surface area contributed by atoms with Gasteiger partial charge in [0.05, 0.1) is 0 Å². The number of hydrogen-bond acceptors (Lipinski definition) is 1. The Morgan fingerprint density at radius 3 is 1.25 bits per heavy atom. The summed E-state index contributed by atoms with van der Waals surface area (Å²) in [7, 11) is 0. The molecule has 0 aliphatic heterocycles. The molecule has 1 aromatic rings. The average molecular weight is 262 g/mol. The number of hydrogen-bond donors (Lipinski definition) is 0. The van der Waals surface area contributed by atoms with Crippen LogP contribution in [0.25, 0.3) is 0 Å². The fourth-order valence-corrected chi connectivity index (χ4v) is 0.420. The van der Waals surface area contributed by atoms with Crippen molar-refractivity contribution in [2.24, 2.45) is 0 Å². The summed E-state index contributed by atoms with van der Waals surface area (Å²) in [5, 5.41) is 10.3. The van der Waals surface area contributed by atoms with Gasteiger partial charge in [-0.25, -0.2) is 0 Å². The minimum atomic E-state index is 0. The topological polar surface area (TPSA) is 23.1 Å². The molecule has 1 aromatic carbocycles. The smallest absolute Gasteiger partial charge is 1.00 e. The molecule has 6 heteroatoms. The molecule has 0 unspecified atom stereocenters. The minimum absolute atomic E-state index is 0. The number of halogens is 4. The Labute approximate surface area is 82.8 Å². The third kappa shape index (κ3) is 12.2. The van der Waals surface area contributed by atoms with Crippen molar-refractivity contribution in [2.45, 2.75) is 0 Å². The predicted octanol–water partition coefficient (Wildman–Crippen LogP) is -11.2. The van der Waals surface area contributed by atoms with Crippen LogP contribution in [0, 0.1) is 0 Å². The van der Waals surface area contributed by atoms with Crippen molar-refractivity contribution in [3.05, 3.63) is 30.3 Å². The maximum absolute atomic E-state index is 10.3. The van der Waals surface area contributed by atoms with Crippen LogP contribution in [0.1, 0.15) is 0 Å². The van der Waals surface area contributed by atoms with Gasteiger partial charge in [0.15, 0.2) is 0 Å². The molecule has 0 aromatic heterocycles. The molecule has 0 aliphatic rings. The first-order chi connectivity index (χ1) is 3.39. The van der Waals surface area contributed by atoms with E-state index in [1.165, 1.54) is 12.1 Å². The maximum atomic E-state index is 10.3. The molecule has 0 bridgehead atoms. The van der Waals surface area contributed by atoms with E-state index in [2.05, 4.69) is 0 Å². The van der Waals surface area contributed by atoms with Gasteiger partial charge in [-0.3, -0.25) is 0 Å². The van der Waals surface area contributed by atoms with E-state index < -0.39 is 0 Å². The van der Waals surface area contributed by atoms with Crippen molar-refractivity contribution in [3.8, 4) is 5.75 Å². The number of rotatable bonds is 0. The van der Waals surface area contributed by atoms with Crippen LogP contribution in [0.2, 0.25) is 0 Å². The van der Waals surface area contributed by atoms with Gasteiger partial charge in [0.25, 0.3) is 0 Å². The molecule has 0 radical (unpaired) electrons. The molecule has 0 spiro atoms. The van der Waals surface area contributed by atoms with Gasteiger partial charge in [-0.15, -0.1) is 5.75 Å². The van der Waals surface area contributed by atoms with Gasteiger partial charge in [-0.05, 0) is 0 Å². The third-order valence-electron chi connectivity index (χ3n) is 0.743. The van der Waals surface area contributed by atoms with Crippen molar-refractivity contribution in [2.75, 3.05) is 0 Å². The van der Waals surface area contributed by atoms with E-state index in [0.29, 0.717) is 0 Å². The van der Waals surface area contributed by atoms with Gasteiger partial charge < -0.3 is 23.9 Å². The second kappa shape index (κ2) is 16.8. The zero-order valence-electron chi connectivity index (χ0n) is 5.75. The van der Waals surface area contributed by atoms with E-state index in [0.717, 1.165) is 0 Å². The second-order valence-electron chi connectivity index (χ2n) is 1.31. The van der Waals surface area contributed by atoms with E-state index in [1.54, 1.807) is 12.1 Å². The fourth-order valence-electron chi connectivity index (χ4n) is 0.420. The van der Waals surface area contributed by atoms with Crippen molar-refractivity contribution in [1.82, 2.24) is 0 Å². The van der Waals surface area contributed by atoms with Gasteiger partial charge in [-0.2, -0.15) is 0 Å². The van der Waals surface area contributed by atoms with Gasteiger partial charge in [0, 0.05) is 0 Å². The molecular formula is C6H5F4NbO. The Morgan fingerprint density at radius 2 is 1.08 bits per heavy atom. The molecule has 0 amide bonds. The third-order valence-corrected chi connectivity index (χ3v) is 0.743. The largest absolute Gasteiger partial charge is 5.00 e. The summed E-state index contributed by atoms with van der Waals surface area (Å²) in [6.45, 7) is 0. The summed E-state index contributed by atoms with van der Waals surface area (Å²) in [5.74, 6) is 0.0718. The number of para-hydroxylation sites is 1. The van der Waals surface area contributed by atoms with Gasteiger partial charge in [0.2, 0.25) is 0 Å². The Kier molecular flexibility index (Phi) is 42.1. The monoisotopic (exact) mass is 262 g/mol. The van der Waals surface area contributed by atoms with Crippen LogP contribution in [-0.2, 0) is 22.4 Å². The number of benzene rings is 1. The summed E-state index contributed by atoms with van der Waals surface area (Å²) in [6, 6.07) is 8.33. The SMILES string of the molecule is [F-].[F-].[F-].[F-].[Nb+5].[O-]c1ccccc1. The molecule has 0 fully saturated rings. The van der Waals surface area contributed by atoms with E-state index in [9.17, 15) is 5.11 Å². The van der Waals surface area contributed by atoms with E-state index in [-0.39, 0.29) is 46.9 Å². The minimum Gasteiger partial charge on any atom is -1.00 e. The molecule has 68 valence electrons. The Balaban J connectivity index is -0.0000000327. The van der Waals surface area contributed by atoms with Crippen LogP contribution in [0.5, 0.6) is 5.75 Å². The van der Waals surface area contributed by atoms with Crippen molar-refractivity contribution < 1.29 is 46.3 Å². The molecular weight excluding hydrogens is 257 g/mol. The second-order valence-corrected chi connectivity index (χ2v) is 1.31. The average Bonchev–Trinajstić information content (AvgIpc) is 1.69. The molecule has 0 atom stereocenters.